The van der Waals surface area contributed by atoms with Crippen molar-refractivity contribution in [2.75, 3.05) is 6.61 Å². The first-order valence-electron chi connectivity index (χ1n) is 6.47. The Morgan fingerprint density at radius 3 is 2.84 bits per heavy atom. The molecule has 2 rings (SSSR count). The highest BCUT2D eigenvalue weighted by Crippen LogP contribution is 2.09. The van der Waals surface area contributed by atoms with Crippen LogP contribution in [0.1, 0.15) is 12.7 Å². The molecular formula is C14H20N4O. The molecule has 0 spiro atoms. The van der Waals surface area contributed by atoms with Crippen molar-refractivity contribution < 1.29 is 4.74 Å². The highest BCUT2D eigenvalue weighted by molar-refractivity contribution is 5.21. The first-order chi connectivity index (χ1) is 9.33. The zero-order valence-corrected chi connectivity index (χ0v) is 11.1. The number of nitrogens with zero attached hydrogens (tertiary/aromatic N) is 2. The van der Waals surface area contributed by atoms with Gasteiger partial charge < -0.3 is 9.30 Å². The normalized spacial score (nSPS) is 12.3. The number of hydrogen-bond acceptors (Lipinski definition) is 4. The summed E-state index contributed by atoms with van der Waals surface area (Å²) in [6, 6.07) is 9.76. The Morgan fingerprint density at radius 1 is 1.37 bits per heavy atom. The highest BCUT2D eigenvalue weighted by Gasteiger charge is 2.12. The molecule has 1 aromatic heterocycles. The molecule has 1 aromatic carbocycles. The first-order valence-corrected chi connectivity index (χ1v) is 6.47. The van der Waals surface area contributed by atoms with Gasteiger partial charge in [-0.2, -0.15) is 0 Å². The van der Waals surface area contributed by atoms with Crippen LogP contribution in [0.4, 0.5) is 0 Å². The molecule has 0 aliphatic heterocycles. The smallest absolute Gasteiger partial charge is 0.119 e. The van der Waals surface area contributed by atoms with E-state index in [4.69, 9.17) is 10.6 Å². The van der Waals surface area contributed by atoms with E-state index < -0.39 is 0 Å². The number of ether oxygens (including phenoxy) is 1. The predicted octanol–water partition coefficient (Wildman–Crippen LogP) is 1.36. The van der Waals surface area contributed by atoms with Gasteiger partial charge in [0.2, 0.25) is 0 Å². The van der Waals surface area contributed by atoms with E-state index in [1.807, 2.05) is 42.7 Å². The van der Waals surface area contributed by atoms with Gasteiger partial charge in [0.05, 0.1) is 6.04 Å². The molecule has 0 saturated carbocycles. The van der Waals surface area contributed by atoms with Crippen LogP contribution in [0, 0.1) is 0 Å². The third kappa shape index (κ3) is 3.81. The van der Waals surface area contributed by atoms with Crippen molar-refractivity contribution in [3.63, 3.8) is 0 Å². The van der Waals surface area contributed by atoms with Crippen molar-refractivity contribution in [3.05, 3.63) is 48.5 Å². The van der Waals surface area contributed by atoms with E-state index in [0.717, 1.165) is 24.5 Å². The number of nitrogens with two attached hydrogens (primary N) is 1. The second-order valence-corrected chi connectivity index (χ2v) is 4.32. The second-order valence-electron chi connectivity index (χ2n) is 4.32. The number of aryl methyl sites for hydroxylation is 1. The van der Waals surface area contributed by atoms with Crippen molar-refractivity contribution in [1.82, 2.24) is 15.0 Å². The van der Waals surface area contributed by atoms with Crippen LogP contribution in [0.2, 0.25) is 0 Å². The summed E-state index contributed by atoms with van der Waals surface area (Å²) in [7, 11) is 0. The monoisotopic (exact) mass is 260 g/mol. The molecule has 0 radical (unpaired) electrons. The van der Waals surface area contributed by atoms with E-state index in [-0.39, 0.29) is 6.04 Å². The Morgan fingerprint density at radius 2 is 2.16 bits per heavy atom. The van der Waals surface area contributed by atoms with Crippen molar-refractivity contribution >= 4 is 0 Å². The first kappa shape index (κ1) is 13.6. The summed E-state index contributed by atoms with van der Waals surface area (Å²) in [5.41, 5.74) is 2.78. The number of hydrogen-bond donors (Lipinski definition) is 2. The summed E-state index contributed by atoms with van der Waals surface area (Å²) in [6.07, 6.45) is 4.52. The van der Waals surface area contributed by atoms with Crippen LogP contribution in [-0.2, 0) is 13.0 Å². The Kier molecular flexibility index (Phi) is 4.94. The van der Waals surface area contributed by atoms with E-state index in [9.17, 15) is 0 Å². The Hall–Kier alpha value is -1.85. The molecule has 0 saturated heterocycles. The average molecular weight is 260 g/mol. The molecular weight excluding hydrogens is 240 g/mol. The van der Waals surface area contributed by atoms with E-state index in [1.54, 1.807) is 0 Å². The van der Waals surface area contributed by atoms with Gasteiger partial charge in [0, 0.05) is 25.4 Å². The van der Waals surface area contributed by atoms with Gasteiger partial charge in [0.1, 0.15) is 18.2 Å². The van der Waals surface area contributed by atoms with E-state index in [1.165, 1.54) is 0 Å². The molecule has 3 N–H and O–H groups in total. The second kappa shape index (κ2) is 6.92. The molecule has 19 heavy (non-hydrogen) atoms. The van der Waals surface area contributed by atoms with Gasteiger partial charge in [0.15, 0.2) is 0 Å². The van der Waals surface area contributed by atoms with E-state index in [2.05, 4.69) is 21.9 Å². The number of nitrogens with one attached hydrogen (secondary N) is 1. The van der Waals surface area contributed by atoms with Gasteiger partial charge >= 0.3 is 0 Å². The Bertz CT molecular complexity index is 483. The topological polar surface area (TPSA) is 65.1 Å². The number of hydrazine groups is 1. The van der Waals surface area contributed by atoms with E-state index in [0.29, 0.717) is 6.61 Å². The van der Waals surface area contributed by atoms with Crippen molar-refractivity contribution in [1.29, 1.82) is 0 Å². The lowest BCUT2D eigenvalue weighted by Crippen LogP contribution is -2.41. The SMILES string of the molecule is CCn1ccnc1CC(COc1ccccc1)NN. The maximum atomic E-state index is 5.70. The molecule has 1 unspecified atom stereocenters. The molecule has 0 aliphatic rings. The number of rotatable bonds is 7. The Labute approximate surface area is 113 Å². The molecule has 5 nitrogen and oxygen atoms in total. The minimum absolute atomic E-state index is 0.0351. The number of para-hydroxylation sites is 1. The zero-order valence-electron chi connectivity index (χ0n) is 11.1. The van der Waals surface area contributed by atoms with Gasteiger partial charge in [-0.05, 0) is 19.1 Å². The molecule has 5 heteroatoms. The maximum absolute atomic E-state index is 5.70. The molecule has 1 heterocycles. The van der Waals surface area contributed by atoms with Crippen molar-refractivity contribution in [3.8, 4) is 5.75 Å². The largest absolute Gasteiger partial charge is 0.492 e. The summed E-state index contributed by atoms with van der Waals surface area (Å²) in [5.74, 6) is 7.44. The van der Waals surface area contributed by atoms with Crippen LogP contribution in [0.15, 0.2) is 42.7 Å². The van der Waals surface area contributed by atoms with Gasteiger partial charge in [-0.1, -0.05) is 18.2 Å². The summed E-state index contributed by atoms with van der Waals surface area (Å²) in [5, 5.41) is 0. The fourth-order valence-electron chi connectivity index (χ4n) is 1.92. The molecule has 2 aromatic rings. The van der Waals surface area contributed by atoms with Crippen molar-refractivity contribution in [2.45, 2.75) is 25.9 Å². The number of aromatic nitrogens is 2. The summed E-state index contributed by atoms with van der Waals surface area (Å²) in [4.78, 5) is 4.34. The molecule has 1 atom stereocenters. The molecule has 0 amide bonds. The third-order valence-electron chi connectivity index (χ3n) is 3.00. The fraction of sp³-hybridized carbons (Fsp3) is 0.357. The molecule has 0 aliphatic carbocycles. The molecule has 102 valence electrons. The number of benzene rings is 1. The van der Waals surface area contributed by atoms with Gasteiger partial charge in [-0.25, -0.2) is 4.98 Å². The van der Waals surface area contributed by atoms with Crippen LogP contribution in [-0.4, -0.2) is 22.2 Å². The van der Waals surface area contributed by atoms with Gasteiger partial charge in [-0.15, -0.1) is 0 Å². The standard InChI is InChI=1S/C14H20N4O/c1-2-18-9-8-16-14(18)10-12(17-15)11-19-13-6-4-3-5-7-13/h3-9,12,17H,2,10-11,15H2,1H3. The van der Waals surface area contributed by atoms with E-state index >= 15 is 0 Å². The van der Waals surface area contributed by atoms with Crippen LogP contribution in [0.3, 0.4) is 0 Å². The Balaban J connectivity index is 1.90. The maximum Gasteiger partial charge on any atom is 0.119 e. The highest BCUT2D eigenvalue weighted by atomic mass is 16.5. The van der Waals surface area contributed by atoms with Crippen LogP contribution in [0.25, 0.3) is 0 Å². The van der Waals surface area contributed by atoms with Gasteiger partial charge in [-0.3, -0.25) is 11.3 Å². The third-order valence-corrected chi connectivity index (χ3v) is 3.00. The van der Waals surface area contributed by atoms with Gasteiger partial charge in [0.25, 0.3) is 0 Å². The van der Waals surface area contributed by atoms with Crippen LogP contribution < -0.4 is 16.0 Å². The fourth-order valence-corrected chi connectivity index (χ4v) is 1.92. The lowest BCUT2D eigenvalue weighted by molar-refractivity contribution is 0.261. The van der Waals surface area contributed by atoms with Crippen LogP contribution in [0.5, 0.6) is 5.75 Å². The molecule has 0 bridgehead atoms. The summed E-state index contributed by atoms with van der Waals surface area (Å²) >= 11 is 0. The average Bonchev–Trinajstić information content (AvgIpc) is 2.91. The molecule has 0 fully saturated rings. The lowest BCUT2D eigenvalue weighted by Gasteiger charge is -2.17. The number of imidazole rings is 1. The van der Waals surface area contributed by atoms with Crippen LogP contribution >= 0.6 is 0 Å². The quantitative estimate of drug-likeness (QED) is 0.583. The summed E-state index contributed by atoms with van der Waals surface area (Å²) < 4.78 is 7.81. The summed E-state index contributed by atoms with van der Waals surface area (Å²) in [6.45, 7) is 3.51. The minimum Gasteiger partial charge on any atom is -0.492 e. The van der Waals surface area contributed by atoms with Crippen molar-refractivity contribution in [2.24, 2.45) is 5.84 Å². The minimum atomic E-state index is 0.0351. The predicted molar refractivity (Wildman–Crippen MR) is 74.7 cm³/mol. The zero-order chi connectivity index (χ0) is 13.5. The lowest BCUT2D eigenvalue weighted by atomic mass is 10.2.